The van der Waals surface area contributed by atoms with Crippen LogP contribution in [0.15, 0.2) is 18.2 Å². The van der Waals surface area contributed by atoms with Gasteiger partial charge in [0.25, 0.3) is 0 Å². The zero-order chi connectivity index (χ0) is 17.9. The lowest BCUT2D eigenvalue weighted by molar-refractivity contribution is -0.155. The molecule has 1 aromatic rings. The highest BCUT2D eigenvalue weighted by Crippen LogP contribution is 2.52. The highest BCUT2D eigenvalue weighted by atomic mass is 35.5. The Morgan fingerprint density at radius 2 is 1.44 bits per heavy atom. The highest BCUT2D eigenvalue weighted by Gasteiger charge is 2.53. The molecule has 0 aromatic heterocycles. The zero-order valence-corrected chi connectivity index (χ0v) is 16.5. The van der Waals surface area contributed by atoms with Gasteiger partial charge in [-0.15, -0.1) is 0 Å². The fraction of sp³-hybridized carbons (Fsp3) is 0.667. The van der Waals surface area contributed by atoms with Gasteiger partial charge >= 0.3 is 5.97 Å². The first-order valence-electron chi connectivity index (χ1n) is 9.64. The molecule has 0 bridgehead atoms. The molecule has 1 aromatic carbocycles. The molecule has 0 heterocycles. The van der Waals surface area contributed by atoms with Crippen LogP contribution in [0.5, 0.6) is 0 Å². The minimum atomic E-state index is -0.580. The van der Waals surface area contributed by atoms with Crippen LogP contribution in [0.2, 0.25) is 10.0 Å². The Kier molecular flexibility index (Phi) is 6.33. The second-order valence-electron chi connectivity index (χ2n) is 7.66. The van der Waals surface area contributed by atoms with Crippen molar-refractivity contribution in [2.24, 2.45) is 11.8 Å². The van der Waals surface area contributed by atoms with E-state index in [1.807, 2.05) is 18.2 Å². The van der Waals surface area contributed by atoms with E-state index in [2.05, 4.69) is 0 Å². The number of halogens is 2. The summed E-state index contributed by atoms with van der Waals surface area (Å²) in [5, 5.41) is 1.07. The molecule has 2 fully saturated rings. The largest absolute Gasteiger partial charge is 0.468 e. The average Bonchev–Trinajstić information content (AvgIpc) is 2.66. The molecule has 0 radical (unpaired) electrons. The van der Waals surface area contributed by atoms with Gasteiger partial charge in [-0.2, -0.15) is 0 Å². The molecule has 0 spiro atoms. The molecule has 2 aliphatic carbocycles. The predicted molar refractivity (Wildman–Crippen MR) is 103 cm³/mol. The quantitative estimate of drug-likeness (QED) is 0.550. The summed E-state index contributed by atoms with van der Waals surface area (Å²) < 4.78 is 5.43. The maximum absolute atomic E-state index is 13.3. The smallest absolute Gasteiger partial charge is 0.316 e. The van der Waals surface area contributed by atoms with E-state index in [9.17, 15) is 4.79 Å². The Morgan fingerprint density at radius 3 is 1.88 bits per heavy atom. The van der Waals surface area contributed by atoms with Gasteiger partial charge in [0.2, 0.25) is 0 Å². The number of carbonyl (C=O) groups excluding carboxylic acids is 1. The van der Waals surface area contributed by atoms with Crippen LogP contribution >= 0.6 is 23.2 Å². The molecule has 0 amide bonds. The van der Waals surface area contributed by atoms with Gasteiger partial charge in [-0.1, -0.05) is 67.8 Å². The van der Waals surface area contributed by atoms with Crippen LogP contribution in [-0.4, -0.2) is 13.1 Å². The van der Waals surface area contributed by atoms with Crippen molar-refractivity contribution in [1.82, 2.24) is 0 Å². The zero-order valence-electron chi connectivity index (χ0n) is 15.0. The van der Waals surface area contributed by atoms with Gasteiger partial charge in [0.05, 0.1) is 22.6 Å². The van der Waals surface area contributed by atoms with E-state index in [1.165, 1.54) is 45.6 Å². The Labute approximate surface area is 161 Å². The van der Waals surface area contributed by atoms with Gasteiger partial charge in [0.15, 0.2) is 0 Å². The normalized spacial score (nSPS) is 20.4. The van der Waals surface area contributed by atoms with Crippen molar-refractivity contribution in [2.75, 3.05) is 7.11 Å². The lowest BCUT2D eigenvalue weighted by Crippen LogP contribution is -2.51. The molecule has 3 rings (SSSR count). The molecule has 2 aliphatic rings. The second kappa shape index (κ2) is 8.31. The van der Waals surface area contributed by atoms with Gasteiger partial charge in [0, 0.05) is 0 Å². The van der Waals surface area contributed by atoms with E-state index >= 15 is 0 Å². The number of hydrogen-bond donors (Lipinski definition) is 0. The van der Waals surface area contributed by atoms with Crippen molar-refractivity contribution in [3.05, 3.63) is 33.8 Å². The summed E-state index contributed by atoms with van der Waals surface area (Å²) in [6.45, 7) is 0. The van der Waals surface area contributed by atoms with Crippen molar-refractivity contribution in [3.63, 3.8) is 0 Å². The second-order valence-corrected chi connectivity index (χ2v) is 8.47. The molecule has 0 unspecified atom stereocenters. The van der Waals surface area contributed by atoms with Gasteiger partial charge < -0.3 is 4.74 Å². The third-order valence-electron chi connectivity index (χ3n) is 6.42. The fourth-order valence-corrected chi connectivity index (χ4v) is 5.59. The molecule has 0 aliphatic heterocycles. The molecule has 25 heavy (non-hydrogen) atoms. The maximum Gasteiger partial charge on any atom is 0.316 e. The molecule has 0 atom stereocenters. The Bertz CT molecular complexity index is 584. The maximum atomic E-state index is 13.3. The van der Waals surface area contributed by atoms with Crippen LogP contribution in [-0.2, 0) is 14.9 Å². The van der Waals surface area contributed by atoms with E-state index in [4.69, 9.17) is 27.9 Å². The molecular formula is C21H28Cl2O2. The molecule has 2 saturated carbocycles. The van der Waals surface area contributed by atoms with Gasteiger partial charge in [-0.05, 0) is 55.2 Å². The Morgan fingerprint density at radius 1 is 0.920 bits per heavy atom. The van der Waals surface area contributed by atoms with Crippen LogP contribution in [0.3, 0.4) is 0 Å². The Balaban J connectivity index is 2.14. The van der Waals surface area contributed by atoms with Crippen LogP contribution < -0.4 is 0 Å². The minimum absolute atomic E-state index is 0.0790. The van der Waals surface area contributed by atoms with E-state index in [1.54, 1.807) is 0 Å². The average molecular weight is 383 g/mol. The molecule has 138 valence electrons. The molecule has 4 heteroatoms. The van der Waals surface area contributed by atoms with Crippen molar-refractivity contribution < 1.29 is 9.53 Å². The number of ether oxygens (including phenoxy) is 1. The monoisotopic (exact) mass is 382 g/mol. The van der Waals surface area contributed by atoms with Crippen molar-refractivity contribution in [3.8, 4) is 0 Å². The summed E-state index contributed by atoms with van der Waals surface area (Å²) in [5.74, 6) is 0.577. The molecule has 0 saturated heterocycles. The summed E-state index contributed by atoms with van der Waals surface area (Å²) in [6, 6.07) is 5.76. The van der Waals surface area contributed by atoms with Crippen LogP contribution in [0.4, 0.5) is 0 Å². The first-order chi connectivity index (χ1) is 12.1. The van der Waals surface area contributed by atoms with E-state index < -0.39 is 5.41 Å². The number of esters is 1. The first kappa shape index (κ1) is 19.0. The number of carbonyl (C=O) groups is 1. The summed E-state index contributed by atoms with van der Waals surface area (Å²) in [6.07, 6.45) is 11.7. The van der Waals surface area contributed by atoms with Crippen LogP contribution in [0.1, 0.15) is 69.8 Å². The first-order valence-corrected chi connectivity index (χ1v) is 10.4. The fourth-order valence-electron chi connectivity index (χ4n) is 5.29. The number of hydrogen-bond acceptors (Lipinski definition) is 2. The minimum Gasteiger partial charge on any atom is -0.468 e. The molecule has 2 nitrogen and oxygen atoms in total. The summed E-state index contributed by atoms with van der Waals surface area (Å²) in [4.78, 5) is 13.3. The van der Waals surface area contributed by atoms with Crippen LogP contribution in [0.25, 0.3) is 0 Å². The summed E-state index contributed by atoms with van der Waals surface area (Å²) >= 11 is 12.5. The third-order valence-corrected chi connectivity index (χ3v) is 7.16. The summed E-state index contributed by atoms with van der Waals surface area (Å²) in [7, 11) is 1.53. The van der Waals surface area contributed by atoms with Gasteiger partial charge in [0.1, 0.15) is 0 Å². The topological polar surface area (TPSA) is 26.3 Å². The van der Waals surface area contributed by atoms with Gasteiger partial charge in [-0.25, -0.2) is 0 Å². The number of methoxy groups -OCH3 is 1. The van der Waals surface area contributed by atoms with E-state index in [0.717, 1.165) is 31.2 Å². The van der Waals surface area contributed by atoms with Crippen LogP contribution in [0, 0.1) is 11.8 Å². The van der Waals surface area contributed by atoms with Crippen molar-refractivity contribution in [1.29, 1.82) is 0 Å². The summed E-state index contributed by atoms with van der Waals surface area (Å²) in [5.41, 5.74) is 0.427. The van der Waals surface area contributed by atoms with Gasteiger partial charge in [-0.3, -0.25) is 4.79 Å². The van der Waals surface area contributed by atoms with Crippen molar-refractivity contribution in [2.45, 2.75) is 69.6 Å². The molecular weight excluding hydrogens is 355 g/mol. The lowest BCUT2D eigenvalue weighted by Gasteiger charge is -2.47. The third kappa shape index (κ3) is 3.57. The molecule has 0 N–H and O–H groups in total. The predicted octanol–water partition coefficient (Wildman–Crippen LogP) is 6.56. The van der Waals surface area contributed by atoms with E-state index in [-0.39, 0.29) is 5.97 Å². The SMILES string of the molecule is COC(=O)C(c1ccc(Cl)c(Cl)c1)(C1CCCCC1)C1CCCCC1. The highest BCUT2D eigenvalue weighted by molar-refractivity contribution is 6.42. The van der Waals surface area contributed by atoms with E-state index in [0.29, 0.717) is 21.9 Å². The standard InChI is InChI=1S/C21H28Cl2O2/c1-25-20(24)21(15-8-4-2-5-9-15,16-10-6-3-7-11-16)17-12-13-18(22)19(23)14-17/h12-16H,2-11H2,1H3. The van der Waals surface area contributed by atoms with Crippen molar-refractivity contribution >= 4 is 29.2 Å². The number of benzene rings is 1. The number of rotatable bonds is 4. The Hall–Kier alpha value is -0.730. The lowest BCUT2D eigenvalue weighted by atomic mass is 9.56.